The number of benzene rings is 1. The van der Waals surface area contributed by atoms with E-state index in [1.165, 1.54) is 0 Å². The second kappa shape index (κ2) is 9.23. The monoisotopic (exact) mass is 304 g/mol. The van der Waals surface area contributed by atoms with Gasteiger partial charge in [0.15, 0.2) is 0 Å². The Labute approximate surface area is 133 Å². The highest BCUT2D eigenvalue weighted by molar-refractivity contribution is 6.00. The lowest BCUT2D eigenvalue weighted by molar-refractivity contribution is -0.120. The number of para-hydroxylation sites is 2. The minimum Gasteiger partial charge on any atom is -0.324 e. The molecule has 2 amide bonds. The number of amides is 2. The van der Waals surface area contributed by atoms with Crippen molar-refractivity contribution in [3.63, 3.8) is 0 Å². The van der Waals surface area contributed by atoms with Crippen molar-refractivity contribution in [2.75, 3.05) is 10.6 Å². The van der Waals surface area contributed by atoms with E-state index >= 15 is 0 Å². The predicted octanol–water partition coefficient (Wildman–Crippen LogP) is 4.44. The van der Waals surface area contributed by atoms with Gasteiger partial charge in [-0.15, -0.1) is 0 Å². The third-order valence-corrected chi connectivity index (χ3v) is 3.78. The first kappa shape index (κ1) is 18.2. The maximum Gasteiger partial charge on any atom is 0.227 e. The molecule has 0 heterocycles. The van der Waals surface area contributed by atoms with Crippen LogP contribution in [0.5, 0.6) is 0 Å². The molecule has 2 atom stereocenters. The Morgan fingerprint density at radius 3 is 1.55 bits per heavy atom. The van der Waals surface area contributed by atoms with E-state index in [1.54, 1.807) is 0 Å². The van der Waals surface area contributed by atoms with Gasteiger partial charge in [-0.25, -0.2) is 0 Å². The molecule has 2 N–H and O–H groups in total. The van der Waals surface area contributed by atoms with Crippen molar-refractivity contribution in [1.29, 1.82) is 0 Å². The van der Waals surface area contributed by atoms with Crippen molar-refractivity contribution in [3.8, 4) is 0 Å². The third kappa shape index (κ3) is 5.51. The molecule has 4 heteroatoms. The lowest BCUT2D eigenvalue weighted by atomic mass is 10.0. The number of hydrogen-bond donors (Lipinski definition) is 2. The first-order valence-corrected chi connectivity index (χ1v) is 8.20. The number of carbonyl (C=O) groups is 2. The van der Waals surface area contributed by atoms with Gasteiger partial charge < -0.3 is 10.6 Å². The largest absolute Gasteiger partial charge is 0.324 e. The molecule has 0 saturated heterocycles. The second-order valence-electron chi connectivity index (χ2n) is 5.90. The number of carbonyl (C=O) groups excluding carboxylic acids is 2. The van der Waals surface area contributed by atoms with E-state index < -0.39 is 0 Å². The summed E-state index contributed by atoms with van der Waals surface area (Å²) in [7, 11) is 0. The molecule has 0 spiro atoms. The molecule has 0 radical (unpaired) electrons. The van der Waals surface area contributed by atoms with Crippen LogP contribution in [0.1, 0.15) is 53.4 Å². The molecule has 22 heavy (non-hydrogen) atoms. The summed E-state index contributed by atoms with van der Waals surface area (Å²) in [6, 6.07) is 7.34. The molecule has 1 aromatic rings. The highest BCUT2D eigenvalue weighted by Gasteiger charge is 2.16. The quantitative estimate of drug-likeness (QED) is 0.746. The standard InChI is InChI=1S/C18H28N2O2/c1-5-9-13(3)17(21)19-15-11-7-8-12-16(15)20-18(22)14(4)10-6-2/h7-8,11-14H,5-6,9-10H2,1-4H3,(H,19,21)(H,20,22). The Bertz CT molecular complexity index is 455. The maximum absolute atomic E-state index is 12.2. The normalized spacial score (nSPS) is 13.3. The van der Waals surface area contributed by atoms with Crippen LogP contribution in [0.2, 0.25) is 0 Å². The van der Waals surface area contributed by atoms with Crippen LogP contribution in [-0.4, -0.2) is 11.8 Å². The summed E-state index contributed by atoms with van der Waals surface area (Å²) in [5.41, 5.74) is 1.32. The van der Waals surface area contributed by atoms with E-state index in [2.05, 4.69) is 24.5 Å². The Hall–Kier alpha value is -1.84. The third-order valence-electron chi connectivity index (χ3n) is 3.78. The van der Waals surface area contributed by atoms with Gasteiger partial charge in [0.25, 0.3) is 0 Å². The predicted molar refractivity (Wildman–Crippen MR) is 91.8 cm³/mol. The summed E-state index contributed by atoms with van der Waals surface area (Å²) >= 11 is 0. The first-order valence-electron chi connectivity index (χ1n) is 8.20. The van der Waals surface area contributed by atoms with Crippen molar-refractivity contribution in [3.05, 3.63) is 24.3 Å². The molecular formula is C18H28N2O2. The van der Waals surface area contributed by atoms with E-state index in [0.29, 0.717) is 11.4 Å². The highest BCUT2D eigenvalue weighted by Crippen LogP contribution is 2.23. The van der Waals surface area contributed by atoms with E-state index in [4.69, 9.17) is 0 Å². The lowest BCUT2D eigenvalue weighted by Crippen LogP contribution is -2.23. The van der Waals surface area contributed by atoms with Gasteiger partial charge in [0.1, 0.15) is 0 Å². The molecule has 0 aliphatic rings. The number of hydrogen-bond acceptors (Lipinski definition) is 2. The van der Waals surface area contributed by atoms with Gasteiger partial charge in [-0.3, -0.25) is 9.59 Å². The second-order valence-corrected chi connectivity index (χ2v) is 5.90. The van der Waals surface area contributed by atoms with Gasteiger partial charge >= 0.3 is 0 Å². The summed E-state index contributed by atoms with van der Waals surface area (Å²) < 4.78 is 0. The Morgan fingerprint density at radius 2 is 1.23 bits per heavy atom. The fraction of sp³-hybridized carbons (Fsp3) is 0.556. The molecule has 1 rings (SSSR count). The van der Waals surface area contributed by atoms with Gasteiger partial charge in [0, 0.05) is 11.8 Å². The molecule has 0 aliphatic heterocycles. The van der Waals surface area contributed by atoms with E-state index in [9.17, 15) is 9.59 Å². The average molecular weight is 304 g/mol. The zero-order chi connectivity index (χ0) is 16.5. The molecular weight excluding hydrogens is 276 g/mol. The van der Waals surface area contributed by atoms with Crippen LogP contribution >= 0.6 is 0 Å². The minimum atomic E-state index is -0.0345. The molecule has 2 unspecified atom stereocenters. The van der Waals surface area contributed by atoms with Gasteiger partial charge in [-0.05, 0) is 25.0 Å². The Balaban J connectivity index is 2.77. The number of anilines is 2. The van der Waals surface area contributed by atoms with Gasteiger partial charge in [0.05, 0.1) is 11.4 Å². The molecule has 122 valence electrons. The SMILES string of the molecule is CCCC(C)C(=O)Nc1ccccc1NC(=O)C(C)CCC. The lowest BCUT2D eigenvalue weighted by Gasteiger charge is -2.16. The summed E-state index contributed by atoms with van der Waals surface area (Å²) in [5.74, 6) is -0.0872. The topological polar surface area (TPSA) is 58.2 Å². The van der Waals surface area contributed by atoms with E-state index in [-0.39, 0.29) is 23.7 Å². The summed E-state index contributed by atoms with van der Waals surface area (Å²) in [4.78, 5) is 24.3. The van der Waals surface area contributed by atoms with Gasteiger partial charge in [0.2, 0.25) is 11.8 Å². The summed E-state index contributed by atoms with van der Waals surface area (Å²) in [6.07, 6.45) is 3.66. The molecule has 1 aromatic carbocycles. The van der Waals surface area contributed by atoms with Crippen LogP contribution in [0.3, 0.4) is 0 Å². The van der Waals surface area contributed by atoms with Crippen LogP contribution in [0.4, 0.5) is 11.4 Å². The molecule has 0 aromatic heterocycles. The van der Waals surface area contributed by atoms with Crippen molar-refractivity contribution >= 4 is 23.2 Å². The van der Waals surface area contributed by atoms with Crippen molar-refractivity contribution in [2.24, 2.45) is 11.8 Å². The fourth-order valence-electron chi connectivity index (χ4n) is 2.34. The molecule has 0 fully saturated rings. The Morgan fingerprint density at radius 1 is 0.864 bits per heavy atom. The van der Waals surface area contributed by atoms with Crippen LogP contribution < -0.4 is 10.6 Å². The molecule has 0 saturated carbocycles. The highest BCUT2D eigenvalue weighted by atomic mass is 16.2. The average Bonchev–Trinajstić information content (AvgIpc) is 2.49. The zero-order valence-corrected chi connectivity index (χ0v) is 14.1. The number of nitrogens with one attached hydrogen (secondary N) is 2. The van der Waals surface area contributed by atoms with E-state index in [1.807, 2.05) is 38.1 Å². The number of rotatable bonds is 8. The minimum absolute atomic E-state index is 0.00912. The van der Waals surface area contributed by atoms with Crippen LogP contribution in [0.15, 0.2) is 24.3 Å². The summed E-state index contributed by atoms with van der Waals surface area (Å²) in [6.45, 7) is 7.97. The van der Waals surface area contributed by atoms with Crippen LogP contribution in [-0.2, 0) is 9.59 Å². The maximum atomic E-state index is 12.2. The van der Waals surface area contributed by atoms with Gasteiger partial charge in [-0.2, -0.15) is 0 Å². The van der Waals surface area contributed by atoms with Crippen molar-refractivity contribution in [2.45, 2.75) is 53.4 Å². The zero-order valence-electron chi connectivity index (χ0n) is 14.1. The van der Waals surface area contributed by atoms with Crippen LogP contribution in [0.25, 0.3) is 0 Å². The summed E-state index contributed by atoms with van der Waals surface area (Å²) in [5, 5.41) is 5.84. The van der Waals surface area contributed by atoms with Crippen molar-refractivity contribution < 1.29 is 9.59 Å². The molecule has 0 aliphatic carbocycles. The van der Waals surface area contributed by atoms with Crippen molar-refractivity contribution in [1.82, 2.24) is 0 Å². The Kier molecular flexibility index (Phi) is 7.64. The van der Waals surface area contributed by atoms with E-state index in [0.717, 1.165) is 25.7 Å². The fourth-order valence-corrected chi connectivity index (χ4v) is 2.34. The smallest absolute Gasteiger partial charge is 0.227 e. The molecule has 0 bridgehead atoms. The first-order chi connectivity index (χ1) is 10.5. The van der Waals surface area contributed by atoms with Gasteiger partial charge in [-0.1, -0.05) is 52.7 Å². The van der Waals surface area contributed by atoms with Crippen LogP contribution in [0, 0.1) is 11.8 Å². The molecule has 4 nitrogen and oxygen atoms in total.